The number of aromatic amines is 1. The number of rotatable bonds is 4. The summed E-state index contributed by atoms with van der Waals surface area (Å²) in [4.78, 5) is 28.4. The highest BCUT2D eigenvalue weighted by Gasteiger charge is 2.07. The highest BCUT2D eigenvalue weighted by molar-refractivity contribution is 5.88. The smallest absolute Gasteiger partial charge is 0.335 e. The van der Waals surface area contributed by atoms with E-state index < -0.39 is 11.5 Å². The van der Waals surface area contributed by atoms with Crippen LogP contribution < -0.4 is 10.9 Å². The van der Waals surface area contributed by atoms with E-state index >= 15 is 0 Å². The highest BCUT2D eigenvalue weighted by Crippen LogP contribution is 2.15. The molecule has 0 saturated heterocycles. The summed E-state index contributed by atoms with van der Waals surface area (Å²) >= 11 is 0. The Balaban J connectivity index is 2.31. The molecule has 96 valence electrons. The minimum absolute atomic E-state index is 0.102. The van der Waals surface area contributed by atoms with Gasteiger partial charge in [-0.25, -0.2) is 9.78 Å². The maximum Gasteiger partial charge on any atom is 0.335 e. The summed E-state index contributed by atoms with van der Waals surface area (Å²) in [6.45, 7) is 0. The molecule has 4 N–H and O–H groups in total. The Morgan fingerprint density at radius 1 is 1.37 bits per heavy atom. The van der Waals surface area contributed by atoms with Gasteiger partial charge in [0.1, 0.15) is 5.82 Å². The predicted octanol–water partition coefficient (Wildman–Crippen LogP) is 1.21. The summed E-state index contributed by atoms with van der Waals surface area (Å²) in [6.07, 6.45) is 2.13. The van der Waals surface area contributed by atoms with E-state index in [9.17, 15) is 9.59 Å². The molecule has 0 fully saturated rings. The average Bonchev–Trinajstić information content (AvgIpc) is 2.39. The third kappa shape index (κ3) is 2.65. The van der Waals surface area contributed by atoms with Crippen LogP contribution in [0.3, 0.4) is 0 Å². The first-order chi connectivity index (χ1) is 9.11. The van der Waals surface area contributed by atoms with Gasteiger partial charge in [-0.1, -0.05) is 0 Å². The Bertz CT molecular complexity index is 676. The molecule has 0 aliphatic carbocycles. The van der Waals surface area contributed by atoms with Crippen LogP contribution >= 0.6 is 0 Å². The van der Waals surface area contributed by atoms with Gasteiger partial charge < -0.3 is 20.8 Å². The van der Waals surface area contributed by atoms with E-state index in [0.717, 1.165) is 6.21 Å². The zero-order chi connectivity index (χ0) is 13.8. The molecule has 0 aliphatic heterocycles. The molecule has 7 heteroatoms. The summed E-state index contributed by atoms with van der Waals surface area (Å²) in [7, 11) is 0. The van der Waals surface area contributed by atoms with Crippen molar-refractivity contribution in [3.63, 3.8) is 0 Å². The fraction of sp³-hybridized carbons (Fsp3) is 0. The first-order valence-electron chi connectivity index (χ1n) is 5.30. The molecule has 1 heterocycles. The molecular formula is C12H10N4O3. The van der Waals surface area contributed by atoms with Crippen LogP contribution in [0.2, 0.25) is 0 Å². The van der Waals surface area contributed by atoms with Gasteiger partial charge in [-0.2, -0.15) is 0 Å². The molecule has 0 amide bonds. The zero-order valence-electron chi connectivity index (χ0n) is 9.68. The molecule has 0 spiro atoms. The Labute approximate surface area is 107 Å². The fourth-order valence-corrected chi connectivity index (χ4v) is 1.48. The monoisotopic (exact) mass is 258 g/mol. The van der Waals surface area contributed by atoms with Crippen molar-refractivity contribution in [2.45, 2.75) is 0 Å². The van der Waals surface area contributed by atoms with E-state index in [-0.39, 0.29) is 16.9 Å². The van der Waals surface area contributed by atoms with E-state index in [1.807, 2.05) is 0 Å². The number of hydrogen-bond donors (Lipinski definition) is 4. The lowest BCUT2D eigenvalue weighted by molar-refractivity contribution is 0.0697. The summed E-state index contributed by atoms with van der Waals surface area (Å²) in [5.41, 5.74) is 0.419. The molecule has 0 bridgehead atoms. The minimum atomic E-state index is -1.01. The van der Waals surface area contributed by atoms with Crippen molar-refractivity contribution in [3.8, 4) is 0 Å². The largest absolute Gasteiger partial charge is 0.478 e. The molecule has 0 unspecified atom stereocenters. The number of anilines is 2. The normalized spacial score (nSPS) is 9.89. The van der Waals surface area contributed by atoms with Crippen LogP contribution in [0.5, 0.6) is 0 Å². The van der Waals surface area contributed by atoms with Gasteiger partial charge in [0.25, 0.3) is 5.56 Å². The number of nitrogens with one attached hydrogen (secondary N) is 3. The van der Waals surface area contributed by atoms with Gasteiger partial charge >= 0.3 is 5.97 Å². The maximum absolute atomic E-state index is 11.4. The van der Waals surface area contributed by atoms with Crippen LogP contribution in [0, 0.1) is 5.41 Å². The third-order valence-corrected chi connectivity index (χ3v) is 2.43. The van der Waals surface area contributed by atoms with Gasteiger partial charge in [-0.05, 0) is 24.3 Å². The van der Waals surface area contributed by atoms with Crippen LogP contribution in [0.25, 0.3) is 0 Å². The Kier molecular flexibility index (Phi) is 3.37. The van der Waals surface area contributed by atoms with E-state index in [2.05, 4.69) is 15.3 Å². The first-order valence-corrected chi connectivity index (χ1v) is 5.30. The van der Waals surface area contributed by atoms with Gasteiger partial charge in [0.15, 0.2) is 0 Å². The molecule has 1 aromatic heterocycles. The van der Waals surface area contributed by atoms with Crippen molar-refractivity contribution >= 4 is 23.7 Å². The Hall–Kier alpha value is -2.96. The van der Waals surface area contributed by atoms with Gasteiger partial charge in [-0.15, -0.1) is 0 Å². The lowest BCUT2D eigenvalue weighted by Crippen LogP contribution is -2.15. The number of benzene rings is 1. The molecule has 19 heavy (non-hydrogen) atoms. The standard InChI is InChI=1S/C12H10N4O3/c13-5-9-10(14-6-15-11(9)17)16-8-3-1-7(2-4-8)12(18)19/h1-6,13H,(H,18,19)(H2,14,15,16,17). The molecule has 0 aliphatic rings. The maximum atomic E-state index is 11.4. The SMILES string of the molecule is N=Cc1c(Nc2ccc(C(=O)O)cc2)nc[nH]c1=O. The molecule has 0 atom stereocenters. The molecule has 2 aromatic rings. The number of hydrogen-bond acceptors (Lipinski definition) is 5. The van der Waals surface area contributed by atoms with Gasteiger partial charge in [0.05, 0.1) is 17.5 Å². The second kappa shape index (κ2) is 5.13. The first kappa shape index (κ1) is 12.5. The van der Waals surface area contributed by atoms with Crippen molar-refractivity contribution in [3.05, 3.63) is 52.1 Å². The van der Waals surface area contributed by atoms with Crippen LogP contribution in [-0.2, 0) is 0 Å². The zero-order valence-corrected chi connectivity index (χ0v) is 9.68. The van der Waals surface area contributed by atoms with E-state index in [1.165, 1.54) is 18.5 Å². The molecule has 0 radical (unpaired) electrons. The van der Waals surface area contributed by atoms with Gasteiger partial charge in [0, 0.05) is 11.9 Å². The highest BCUT2D eigenvalue weighted by atomic mass is 16.4. The van der Waals surface area contributed by atoms with Gasteiger partial charge in [0.2, 0.25) is 0 Å². The number of carboxylic acid groups (broad SMARTS) is 1. The molecule has 7 nitrogen and oxygen atoms in total. The quantitative estimate of drug-likeness (QED) is 0.614. The minimum Gasteiger partial charge on any atom is -0.478 e. The second-order valence-electron chi connectivity index (χ2n) is 3.65. The molecule has 1 aromatic carbocycles. The summed E-state index contributed by atoms with van der Waals surface area (Å²) in [5.74, 6) is -0.775. The van der Waals surface area contributed by atoms with Crippen molar-refractivity contribution in [1.29, 1.82) is 5.41 Å². The van der Waals surface area contributed by atoms with Crippen LogP contribution in [-0.4, -0.2) is 27.3 Å². The average molecular weight is 258 g/mol. The number of nitrogens with zero attached hydrogens (tertiary/aromatic N) is 1. The number of H-pyrrole nitrogens is 1. The van der Waals surface area contributed by atoms with Crippen molar-refractivity contribution < 1.29 is 9.90 Å². The van der Waals surface area contributed by atoms with E-state index in [1.54, 1.807) is 12.1 Å². The molecular weight excluding hydrogens is 248 g/mol. The van der Waals surface area contributed by atoms with Crippen LogP contribution in [0.4, 0.5) is 11.5 Å². The Morgan fingerprint density at radius 2 is 2.05 bits per heavy atom. The number of carboxylic acids is 1. The van der Waals surface area contributed by atoms with E-state index in [4.69, 9.17) is 10.5 Å². The van der Waals surface area contributed by atoms with Crippen molar-refractivity contribution in [2.75, 3.05) is 5.32 Å². The number of aromatic nitrogens is 2. The summed E-state index contributed by atoms with van der Waals surface area (Å²) < 4.78 is 0. The van der Waals surface area contributed by atoms with Crippen molar-refractivity contribution in [1.82, 2.24) is 9.97 Å². The fourth-order valence-electron chi connectivity index (χ4n) is 1.48. The Morgan fingerprint density at radius 3 is 2.63 bits per heavy atom. The van der Waals surface area contributed by atoms with E-state index in [0.29, 0.717) is 5.69 Å². The molecule has 0 saturated carbocycles. The summed E-state index contributed by atoms with van der Waals surface area (Å²) in [6, 6.07) is 5.98. The molecule has 2 rings (SSSR count). The van der Waals surface area contributed by atoms with Crippen LogP contribution in [0.1, 0.15) is 15.9 Å². The van der Waals surface area contributed by atoms with Crippen LogP contribution in [0.15, 0.2) is 35.4 Å². The lowest BCUT2D eigenvalue weighted by Gasteiger charge is -2.07. The van der Waals surface area contributed by atoms with Crippen molar-refractivity contribution in [2.24, 2.45) is 0 Å². The number of carbonyl (C=O) groups is 1. The lowest BCUT2D eigenvalue weighted by atomic mass is 10.2. The summed E-state index contributed by atoms with van der Waals surface area (Å²) in [5, 5.41) is 18.8. The topological polar surface area (TPSA) is 119 Å². The number of aromatic carboxylic acids is 1. The second-order valence-corrected chi connectivity index (χ2v) is 3.65. The predicted molar refractivity (Wildman–Crippen MR) is 69.4 cm³/mol. The van der Waals surface area contributed by atoms with Gasteiger partial charge in [-0.3, -0.25) is 4.79 Å². The third-order valence-electron chi connectivity index (χ3n) is 2.43.